The highest BCUT2D eigenvalue weighted by Gasteiger charge is 2.14. The Morgan fingerprint density at radius 3 is 3.06 bits per heavy atom. The number of nitrogens with one attached hydrogen (secondary N) is 1. The van der Waals surface area contributed by atoms with E-state index in [1.807, 2.05) is 0 Å². The molecule has 0 aromatic heterocycles. The minimum Gasteiger partial charge on any atom is -0.505 e. The van der Waals surface area contributed by atoms with E-state index in [1.165, 1.54) is 12.1 Å². The van der Waals surface area contributed by atoms with Gasteiger partial charge in [-0.05, 0) is 30.0 Å². The maximum absolute atomic E-state index is 13.0. The number of rotatable bonds is 4. The Hall–Kier alpha value is -1.13. The Bertz CT molecular complexity index is 351. The molecule has 0 aliphatic carbocycles. The molecule has 4 heteroatoms. The molecule has 0 spiro atoms. The smallest absolute Gasteiger partial charge is 0.165 e. The highest BCUT2D eigenvalue weighted by molar-refractivity contribution is 5.27. The van der Waals surface area contributed by atoms with Crippen molar-refractivity contribution in [3.8, 4) is 5.75 Å². The zero-order valence-electron chi connectivity index (χ0n) is 9.08. The molecule has 3 nitrogen and oxygen atoms in total. The first-order valence-electron chi connectivity index (χ1n) is 5.51. The lowest BCUT2D eigenvalue weighted by molar-refractivity contribution is 0.185. The van der Waals surface area contributed by atoms with Crippen LogP contribution in [0.15, 0.2) is 18.2 Å². The largest absolute Gasteiger partial charge is 0.505 e. The minimum atomic E-state index is -0.566. The number of aromatic hydroxyl groups is 1. The van der Waals surface area contributed by atoms with Crippen LogP contribution < -0.4 is 5.32 Å². The average molecular weight is 225 g/mol. The summed E-state index contributed by atoms with van der Waals surface area (Å²) in [7, 11) is 0. The molecule has 2 N–H and O–H groups in total. The SMILES string of the molecule is Oc1ccc(CNCC2CCOC2)cc1F. The number of benzene rings is 1. The molecule has 16 heavy (non-hydrogen) atoms. The Morgan fingerprint density at radius 1 is 1.50 bits per heavy atom. The number of hydrogen-bond acceptors (Lipinski definition) is 3. The number of hydrogen-bond donors (Lipinski definition) is 2. The fraction of sp³-hybridized carbons (Fsp3) is 0.500. The summed E-state index contributed by atoms with van der Waals surface area (Å²) in [5.41, 5.74) is 0.842. The van der Waals surface area contributed by atoms with Gasteiger partial charge in [0.15, 0.2) is 11.6 Å². The molecule has 1 aromatic carbocycles. The van der Waals surface area contributed by atoms with Crippen molar-refractivity contribution in [1.29, 1.82) is 0 Å². The van der Waals surface area contributed by atoms with Crippen LogP contribution in [0.4, 0.5) is 4.39 Å². The first-order chi connectivity index (χ1) is 7.75. The lowest BCUT2D eigenvalue weighted by Crippen LogP contribution is -2.22. The second-order valence-electron chi connectivity index (χ2n) is 4.15. The van der Waals surface area contributed by atoms with Crippen LogP contribution in [0.1, 0.15) is 12.0 Å². The lowest BCUT2D eigenvalue weighted by Gasteiger charge is -2.09. The van der Waals surface area contributed by atoms with E-state index in [0.717, 1.165) is 31.7 Å². The van der Waals surface area contributed by atoms with Crippen molar-refractivity contribution >= 4 is 0 Å². The third-order valence-electron chi connectivity index (χ3n) is 2.80. The Kier molecular flexibility index (Phi) is 3.74. The van der Waals surface area contributed by atoms with Crippen LogP contribution in [0.25, 0.3) is 0 Å². The summed E-state index contributed by atoms with van der Waals surface area (Å²) in [6, 6.07) is 4.45. The first-order valence-corrected chi connectivity index (χ1v) is 5.51. The third kappa shape index (κ3) is 2.93. The van der Waals surface area contributed by atoms with Gasteiger partial charge in [0.25, 0.3) is 0 Å². The van der Waals surface area contributed by atoms with Gasteiger partial charge in [0.2, 0.25) is 0 Å². The quantitative estimate of drug-likeness (QED) is 0.818. The first kappa shape index (κ1) is 11.4. The van der Waals surface area contributed by atoms with Crippen LogP contribution in [0, 0.1) is 11.7 Å². The molecule has 1 aromatic rings. The van der Waals surface area contributed by atoms with E-state index < -0.39 is 5.82 Å². The van der Waals surface area contributed by atoms with Crippen LogP contribution in [0.5, 0.6) is 5.75 Å². The molecule has 1 atom stereocenters. The highest BCUT2D eigenvalue weighted by Crippen LogP contribution is 2.16. The van der Waals surface area contributed by atoms with Crippen molar-refractivity contribution in [2.45, 2.75) is 13.0 Å². The minimum absolute atomic E-state index is 0.298. The monoisotopic (exact) mass is 225 g/mol. The lowest BCUT2D eigenvalue weighted by atomic mass is 10.1. The Labute approximate surface area is 94.2 Å². The summed E-state index contributed by atoms with van der Waals surface area (Å²) < 4.78 is 18.3. The van der Waals surface area contributed by atoms with Crippen LogP contribution in [-0.2, 0) is 11.3 Å². The van der Waals surface area contributed by atoms with Crippen molar-refractivity contribution < 1.29 is 14.2 Å². The molecule has 0 bridgehead atoms. The third-order valence-corrected chi connectivity index (χ3v) is 2.80. The maximum atomic E-state index is 13.0. The fourth-order valence-electron chi connectivity index (χ4n) is 1.83. The van der Waals surface area contributed by atoms with Crippen LogP contribution in [-0.4, -0.2) is 24.9 Å². The van der Waals surface area contributed by atoms with Crippen LogP contribution >= 0.6 is 0 Å². The molecule has 1 unspecified atom stereocenters. The molecule has 0 radical (unpaired) electrons. The Balaban J connectivity index is 1.78. The van der Waals surface area contributed by atoms with E-state index >= 15 is 0 Å². The maximum Gasteiger partial charge on any atom is 0.165 e. The van der Waals surface area contributed by atoms with E-state index in [-0.39, 0.29) is 5.75 Å². The number of halogens is 1. The van der Waals surface area contributed by atoms with Gasteiger partial charge in [-0.25, -0.2) is 4.39 Å². The van der Waals surface area contributed by atoms with Gasteiger partial charge in [-0.1, -0.05) is 6.07 Å². The van der Waals surface area contributed by atoms with Gasteiger partial charge in [-0.3, -0.25) is 0 Å². The van der Waals surface area contributed by atoms with Crippen molar-refractivity contribution in [3.63, 3.8) is 0 Å². The van der Waals surface area contributed by atoms with E-state index in [9.17, 15) is 4.39 Å². The molecular formula is C12H16FNO2. The molecule has 1 aliphatic rings. The van der Waals surface area contributed by atoms with Crippen molar-refractivity contribution in [3.05, 3.63) is 29.6 Å². The van der Waals surface area contributed by atoms with Gasteiger partial charge in [0.05, 0.1) is 6.61 Å². The normalized spacial score (nSPS) is 20.2. The molecule has 1 aliphatic heterocycles. The molecule has 0 saturated carbocycles. The zero-order valence-corrected chi connectivity index (χ0v) is 9.08. The molecule has 88 valence electrons. The van der Waals surface area contributed by atoms with Gasteiger partial charge < -0.3 is 15.2 Å². The van der Waals surface area contributed by atoms with Crippen molar-refractivity contribution in [1.82, 2.24) is 5.32 Å². The molecule has 1 fully saturated rings. The second-order valence-corrected chi connectivity index (χ2v) is 4.15. The average Bonchev–Trinajstić information content (AvgIpc) is 2.76. The highest BCUT2D eigenvalue weighted by atomic mass is 19.1. The van der Waals surface area contributed by atoms with Crippen molar-refractivity contribution in [2.75, 3.05) is 19.8 Å². The van der Waals surface area contributed by atoms with Gasteiger partial charge in [0, 0.05) is 19.7 Å². The summed E-state index contributed by atoms with van der Waals surface area (Å²) in [4.78, 5) is 0. The van der Waals surface area contributed by atoms with Gasteiger partial charge in [0.1, 0.15) is 0 Å². The second kappa shape index (κ2) is 5.27. The zero-order chi connectivity index (χ0) is 11.4. The molecule has 1 heterocycles. The predicted octanol–water partition coefficient (Wildman–Crippen LogP) is 1.66. The standard InChI is InChI=1S/C12H16FNO2/c13-11-5-9(1-2-12(11)15)6-14-7-10-3-4-16-8-10/h1-2,5,10,14-15H,3-4,6-8H2. The van der Waals surface area contributed by atoms with Gasteiger partial charge >= 0.3 is 0 Å². The van der Waals surface area contributed by atoms with Gasteiger partial charge in [-0.2, -0.15) is 0 Å². The summed E-state index contributed by atoms with van der Waals surface area (Å²) in [6.07, 6.45) is 1.09. The van der Waals surface area contributed by atoms with Crippen molar-refractivity contribution in [2.24, 2.45) is 5.92 Å². The fourth-order valence-corrected chi connectivity index (χ4v) is 1.83. The number of phenols is 1. The van der Waals surface area contributed by atoms with E-state index in [4.69, 9.17) is 9.84 Å². The topological polar surface area (TPSA) is 41.5 Å². The summed E-state index contributed by atoms with van der Waals surface area (Å²) in [6.45, 7) is 3.17. The number of phenolic OH excluding ortho intramolecular Hbond substituents is 1. The molecule has 1 saturated heterocycles. The van der Waals surface area contributed by atoms with E-state index in [1.54, 1.807) is 6.07 Å². The predicted molar refractivity (Wildman–Crippen MR) is 58.7 cm³/mol. The molecule has 0 amide bonds. The summed E-state index contributed by atoms with van der Waals surface area (Å²) >= 11 is 0. The summed E-state index contributed by atoms with van der Waals surface area (Å²) in [5.74, 6) is -0.293. The summed E-state index contributed by atoms with van der Waals surface area (Å²) in [5, 5.41) is 12.3. The number of ether oxygens (including phenoxy) is 1. The van der Waals surface area contributed by atoms with E-state index in [2.05, 4.69) is 5.32 Å². The van der Waals surface area contributed by atoms with Crippen LogP contribution in [0.2, 0.25) is 0 Å². The van der Waals surface area contributed by atoms with E-state index in [0.29, 0.717) is 12.5 Å². The van der Waals surface area contributed by atoms with Gasteiger partial charge in [-0.15, -0.1) is 0 Å². The Morgan fingerprint density at radius 2 is 2.38 bits per heavy atom. The molecule has 2 rings (SSSR count). The molecular weight excluding hydrogens is 209 g/mol. The van der Waals surface area contributed by atoms with Crippen LogP contribution in [0.3, 0.4) is 0 Å².